The molecule has 0 unspecified atom stereocenters. The van der Waals surface area contributed by atoms with Crippen LogP contribution in [0.1, 0.15) is 30.5 Å². The Morgan fingerprint density at radius 2 is 2.03 bits per heavy atom. The molecule has 0 radical (unpaired) electrons. The predicted molar refractivity (Wildman–Crippen MR) is 119 cm³/mol. The van der Waals surface area contributed by atoms with Gasteiger partial charge in [0.1, 0.15) is 5.03 Å². The minimum absolute atomic E-state index is 0.162. The second-order valence-electron chi connectivity index (χ2n) is 7.46. The van der Waals surface area contributed by atoms with Crippen LogP contribution < -0.4 is 11.0 Å². The highest BCUT2D eigenvalue weighted by atomic mass is 35.5. The number of carbonyl (C=O) groups is 1. The van der Waals surface area contributed by atoms with Gasteiger partial charge in [-0.05, 0) is 64.9 Å². The van der Waals surface area contributed by atoms with E-state index in [0.717, 1.165) is 49.9 Å². The maximum atomic E-state index is 12.7. The molecule has 0 saturated carbocycles. The third-order valence-electron chi connectivity index (χ3n) is 4.93. The lowest BCUT2D eigenvalue weighted by Gasteiger charge is -2.23. The van der Waals surface area contributed by atoms with E-state index >= 15 is 0 Å². The summed E-state index contributed by atoms with van der Waals surface area (Å²) in [5.74, 6) is 0.0268. The summed E-state index contributed by atoms with van der Waals surface area (Å²) in [5.41, 5.74) is 2.62. The van der Waals surface area contributed by atoms with E-state index in [1.807, 2.05) is 30.8 Å². The van der Waals surface area contributed by atoms with Crippen molar-refractivity contribution in [3.63, 3.8) is 0 Å². The smallest absolute Gasteiger partial charge is 0.324 e. The summed E-state index contributed by atoms with van der Waals surface area (Å²) in [7, 11) is 4.06. The van der Waals surface area contributed by atoms with E-state index in [1.165, 1.54) is 11.8 Å². The Hall–Kier alpha value is -1.83. The lowest BCUT2D eigenvalue weighted by atomic mass is 9.97. The van der Waals surface area contributed by atoms with Gasteiger partial charge in [-0.25, -0.2) is 4.79 Å². The van der Waals surface area contributed by atoms with E-state index in [4.69, 9.17) is 11.6 Å². The Labute approximate surface area is 180 Å². The predicted octanol–water partition coefficient (Wildman–Crippen LogP) is 3.46. The van der Waals surface area contributed by atoms with Crippen LogP contribution in [0.2, 0.25) is 5.02 Å². The number of nitrogens with one attached hydrogen (secondary N) is 1. The number of aromatic nitrogens is 2. The molecule has 1 aromatic carbocycles. The fourth-order valence-corrected chi connectivity index (χ4v) is 4.59. The molecule has 2 aromatic rings. The van der Waals surface area contributed by atoms with Crippen molar-refractivity contribution in [3.05, 3.63) is 51.0 Å². The van der Waals surface area contributed by atoms with Crippen LogP contribution in [0.5, 0.6) is 0 Å². The lowest BCUT2D eigenvalue weighted by molar-refractivity contribution is -0.113. The number of para-hydroxylation sites is 1. The number of rotatable bonds is 8. The molecule has 0 fully saturated rings. The van der Waals surface area contributed by atoms with E-state index < -0.39 is 0 Å². The molecule has 6 nitrogen and oxygen atoms in total. The summed E-state index contributed by atoms with van der Waals surface area (Å²) < 4.78 is 1.84. The van der Waals surface area contributed by atoms with Gasteiger partial charge < -0.3 is 10.2 Å². The Morgan fingerprint density at radius 1 is 1.28 bits per heavy atom. The van der Waals surface area contributed by atoms with Gasteiger partial charge in [0.15, 0.2) is 0 Å². The number of anilines is 1. The molecule has 1 N–H and O–H groups in total. The number of halogens is 1. The first kappa shape index (κ1) is 21.9. The molecule has 3 rings (SSSR count). The first-order valence-electron chi connectivity index (χ1n) is 9.90. The van der Waals surface area contributed by atoms with Crippen LogP contribution in [0.4, 0.5) is 5.69 Å². The molecule has 1 heterocycles. The second-order valence-corrected chi connectivity index (χ2v) is 8.83. The summed E-state index contributed by atoms with van der Waals surface area (Å²) in [6.07, 6.45) is 4.89. The molecule has 0 bridgehead atoms. The second kappa shape index (κ2) is 10.3. The van der Waals surface area contributed by atoms with E-state index in [1.54, 1.807) is 12.1 Å². The third-order valence-corrected chi connectivity index (χ3v) is 6.27. The average Bonchev–Trinajstić information content (AvgIpc) is 2.69. The normalized spacial score (nSPS) is 13.4. The Kier molecular flexibility index (Phi) is 7.75. The molecule has 156 valence electrons. The van der Waals surface area contributed by atoms with E-state index in [-0.39, 0.29) is 17.3 Å². The zero-order valence-corrected chi connectivity index (χ0v) is 18.5. The number of benzene rings is 1. The van der Waals surface area contributed by atoms with Crippen molar-refractivity contribution in [2.45, 2.75) is 43.7 Å². The van der Waals surface area contributed by atoms with Crippen LogP contribution in [-0.4, -0.2) is 46.8 Å². The molecule has 0 saturated heterocycles. The van der Waals surface area contributed by atoms with Crippen LogP contribution in [0.25, 0.3) is 0 Å². The maximum absolute atomic E-state index is 12.7. The van der Waals surface area contributed by atoms with Gasteiger partial charge in [-0.2, -0.15) is 4.98 Å². The summed E-state index contributed by atoms with van der Waals surface area (Å²) >= 11 is 7.43. The fraction of sp³-hybridized carbons (Fsp3) is 0.476. The van der Waals surface area contributed by atoms with Crippen LogP contribution in [-0.2, 0) is 24.2 Å². The molecule has 1 amide bonds. The van der Waals surface area contributed by atoms with Crippen molar-refractivity contribution in [2.24, 2.45) is 0 Å². The highest BCUT2D eigenvalue weighted by Gasteiger charge is 2.21. The van der Waals surface area contributed by atoms with Gasteiger partial charge in [-0.3, -0.25) is 9.36 Å². The molecule has 1 aliphatic carbocycles. The first-order valence-corrected chi connectivity index (χ1v) is 11.3. The molecular formula is C21H27ClN4O2S. The molecule has 1 aliphatic rings. The van der Waals surface area contributed by atoms with Crippen LogP contribution in [0.15, 0.2) is 34.1 Å². The number of thioether (sulfide) groups is 1. The minimum atomic E-state index is -0.210. The standard InChI is InChI=1S/C21H27ClN4O2S/c1-25(2)12-7-13-26-18-11-6-3-8-15(18)20(24-21(26)28)29-14-19(27)23-17-10-5-4-9-16(17)22/h4-5,9-10H,3,6-8,11-14H2,1-2H3,(H,23,27). The van der Waals surface area contributed by atoms with Crippen molar-refractivity contribution in [1.29, 1.82) is 0 Å². The SMILES string of the molecule is CN(C)CCCn1c2c(c(SCC(=O)Nc3ccccc3Cl)nc1=O)CCCC2. The lowest BCUT2D eigenvalue weighted by Crippen LogP contribution is -2.31. The summed E-state index contributed by atoms with van der Waals surface area (Å²) in [6, 6.07) is 7.14. The first-order chi connectivity index (χ1) is 14.0. The van der Waals surface area contributed by atoms with Crippen molar-refractivity contribution >= 4 is 35.0 Å². The molecule has 1 aromatic heterocycles. The Bertz CT molecular complexity index is 929. The van der Waals surface area contributed by atoms with Gasteiger partial charge in [0.05, 0.1) is 16.5 Å². The van der Waals surface area contributed by atoms with Crippen molar-refractivity contribution in [3.8, 4) is 0 Å². The maximum Gasteiger partial charge on any atom is 0.348 e. The van der Waals surface area contributed by atoms with Crippen LogP contribution in [0, 0.1) is 0 Å². The number of nitrogens with zero attached hydrogens (tertiary/aromatic N) is 3. The van der Waals surface area contributed by atoms with Gasteiger partial charge >= 0.3 is 5.69 Å². The summed E-state index contributed by atoms with van der Waals surface area (Å²) in [5, 5.41) is 4.02. The zero-order chi connectivity index (χ0) is 20.8. The topological polar surface area (TPSA) is 67.2 Å². The van der Waals surface area contributed by atoms with E-state index in [9.17, 15) is 9.59 Å². The average molecular weight is 435 g/mol. The molecule has 0 aliphatic heterocycles. The third kappa shape index (κ3) is 5.84. The van der Waals surface area contributed by atoms with Gasteiger partial charge in [0.2, 0.25) is 5.91 Å². The van der Waals surface area contributed by atoms with Crippen LogP contribution in [0.3, 0.4) is 0 Å². The van der Waals surface area contributed by atoms with Crippen LogP contribution >= 0.6 is 23.4 Å². The highest BCUT2D eigenvalue weighted by Crippen LogP contribution is 2.29. The van der Waals surface area contributed by atoms with Gasteiger partial charge in [0.25, 0.3) is 0 Å². The molecule has 0 atom stereocenters. The van der Waals surface area contributed by atoms with Crippen molar-refractivity contribution in [2.75, 3.05) is 31.7 Å². The molecule has 29 heavy (non-hydrogen) atoms. The van der Waals surface area contributed by atoms with Gasteiger partial charge in [-0.15, -0.1) is 0 Å². The van der Waals surface area contributed by atoms with Crippen molar-refractivity contribution in [1.82, 2.24) is 14.5 Å². The summed E-state index contributed by atoms with van der Waals surface area (Å²) in [6.45, 7) is 1.62. The quantitative estimate of drug-likeness (QED) is 0.509. The molecule has 0 spiro atoms. The van der Waals surface area contributed by atoms with Crippen molar-refractivity contribution < 1.29 is 4.79 Å². The minimum Gasteiger partial charge on any atom is -0.324 e. The Morgan fingerprint density at radius 3 is 2.79 bits per heavy atom. The Balaban J connectivity index is 1.72. The molecule has 8 heteroatoms. The van der Waals surface area contributed by atoms with Gasteiger partial charge in [-0.1, -0.05) is 35.5 Å². The summed E-state index contributed by atoms with van der Waals surface area (Å²) in [4.78, 5) is 31.5. The highest BCUT2D eigenvalue weighted by molar-refractivity contribution is 8.00. The zero-order valence-electron chi connectivity index (χ0n) is 16.9. The number of carbonyl (C=O) groups excluding carboxylic acids is 1. The van der Waals surface area contributed by atoms with Gasteiger partial charge in [0, 0.05) is 17.8 Å². The molecular weight excluding hydrogens is 408 g/mol. The largest absolute Gasteiger partial charge is 0.348 e. The fourth-order valence-electron chi connectivity index (χ4n) is 3.53. The van der Waals surface area contributed by atoms with E-state index in [0.29, 0.717) is 22.3 Å². The number of hydrogen-bond donors (Lipinski definition) is 1. The van der Waals surface area contributed by atoms with E-state index in [2.05, 4.69) is 15.2 Å². The number of fused-ring (bicyclic) bond motifs is 1. The monoisotopic (exact) mass is 434 g/mol. The number of hydrogen-bond acceptors (Lipinski definition) is 5. The number of amides is 1.